The highest BCUT2D eigenvalue weighted by Crippen LogP contribution is 2.30. The largest absolute Gasteiger partial charge is 0.451 e. The Morgan fingerprint density at radius 3 is 2.86 bits per heavy atom. The highest BCUT2D eigenvalue weighted by Gasteiger charge is 2.16. The van der Waals surface area contributed by atoms with E-state index < -0.39 is 0 Å². The van der Waals surface area contributed by atoms with Gasteiger partial charge in [-0.05, 0) is 30.7 Å². The summed E-state index contributed by atoms with van der Waals surface area (Å²) in [6.45, 7) is 3.97. The number of nitrogens with one attached hydrogen (secondary N) is 1. The van der Waals surface area contributed by atoms with E-state index in [1.54, 1.807) is 10.6 Å². The number of nitrogens with zero attached hydrogens (tertiary/aromatic N) is 4. The molecule has 0 spiro atoms. The predicted molar refractivity (Wildman–Crippen MR) is 112 cm³/mol. The highest BCUT2D eigenvalue weighted by molar-refractivity contribution is 7.19. The van der Waals surface area contributed by atoms with Gasteiger partial charge in [0.2, 0.25) is 4.96 Å². The van der Waals surface area contributed by atoms with Gasteiger partial charge in [0.05, 0.1) is 0 Å². The monoisotopic (exact) mass is 403 g/mol. The molecule has 0 aliphatic carbocycles. The first-order valence-electron chi connectivity index (χ1n) is 9.24. The van der Waals surface area contributed by atoms with Crippen molar-refractivity contribution >= 4 is 38.9 Å². The maximum atomic E-state index is 12.7. The Morgan fingerprint density at radius 1 is 1.17 bits per heavy atom. The van der Waals surface area contributed by atoms with E-state index in [2.05, 4.69) is 20.6 Å². The number of carbonyl (C=O) groups is 1. The molecule has 0 unspecified atom stereocenters. The van der Waals surface area contributed by atoms with Crippen LogP contribution >= 0.6 is 11.3 Å². The van der Waals surface area contributed by atoms with E-state index in [4.69, 9.17) is 4.42 Å². The summed E-state index contributed by atoms with van der Waals surface area (Å²) in [6.07, 6.45) is 0.761. The third kappa shape index (κ3) is 3.07. The summed E-state index contributed by atoms with van der Waals surface area (Å²) in [5.41, 5.74) is 3.27. The normalized spacial score (nSPS) is 11.4. The van der Waals surface area contributed by atoms with Crippen LogP contribution in [0.1, 0.15) is 28.9 Å². The number of aromatic nitrogens is 4. The van der Waals surface area contributed by atoms with E-state index in [9.17, 15) is 4.79 Å². The number of hydrogen-bond donors (Lipinski definition) is 1. The van der Waals surface area contributed by atoms with Crippen LogP contribution < -0.4 is 5.32 Å². The van der Waals surface area contributed by atoms with Crippen LogP contribution in [-0.2, 0) is 6.42 Å². The molecule has 5 aromatic rings. The lowest BCUT2D eigenvalue weighted by atomic mass is 10.1. The molecule has 1 amide bonds. The van der Waals surface area contributed by atoms with Crippen molar-refractivity contribution in [1.29, 1.82) is 0 Å². The first kappa shape index (κ1) is 17.6. The quantitative estimate of drug-likeness (QED) is 0.469. The number of para-hydroxylation sites is 1. The van der Waals surface area contributed by atoms with Crippen LogP contribution in [0.5, 0.6) is 0 Å². The maximum absolute atomic E-state index is 12.7. The lowest BCUT2D eigenvalue weighted by molar-refractivity contribution is 0.0998. The van der Waals surface area contributed by atoms with Crippen LogP contribution in [0, 0.1) is 6.92 Å². The van der Waals surface area contributed by atoms with Crippen molar-refractivity contribution in [2.45, 2.75) is 20.3 Å². The van der Waals surface area contributed by atoms with Gasteiger partial charge in [0, 0.05) is 23.1 Å². The highest BCUT2D eigenvalue weighted by atomic mass is 32.1. The van der Waals surface area contributed by atoms with Gasteiger partial charge in [0.15, 0.2) is 11.6 Å². The fourth-order valence-corrected chi connectivity index (χ4v) is 4.02. The lowest BCUT2D eigenvalue weighted by Crippen LogP contribution is -2.11. The number of aryl methyl sites for hydroxylation is 2. The standard InChI is InChI=1S/C21H17N5O2S/c1-3-18-23-24-21-26(18)25-20(29-21)14-9-8-12(2)15(10-14)22-19(27)17-11-13-6-4-5-7-16(13)28-17/h4-11H,3H2,1-2H3,(H,22,27). The molecule has 3 aromatic heterocycles. The zero-order valence-electron chi connectivity index (χ0n) is 15.8. The van der Waals surface area contributed by atoms with Gasteiger partial charge in [0.1, 0.15) is 10.6 Å². The fraction of sp³-hybridized carbons (Fsp3) is 0.143. The summed E-state index contributed by atoms with van der Waals surface area (Å²) in [5.74, 6) is 0.822. The molecule has 0 bridgehead atoms. The van der Waals surface area contributed by atoms with E-state index in [-0.39, 0.29) is 11.7 Å². The van der Waals surface area contributed by atoms with Crippen molar-refractivity contribution < 1.29 is 9.21 Å². The van der Waals surface area contributed by atoms with Gasteiger partial charge < -0.3 is 9.73 Å². The lowest BCUT2D eigenvalue weighted by Gasteiger charge is -2.08. The first-order valence-corrected chi connectivity index (χ1v) is 10.1. The molecule has 3 heterocycles. The number of rotatable bonds is 4. The summed E-state index contributed by atoms with van der Waals surface area (Å²) < 4.78 is 7.44. The molecule has 0 fully saturated rings. The Kier molecular flexibility index (Phi) is 4.13. The number of amides is 1. The van der Waals surface area contributed by atoms with Crippen LogP contribution in [0.4, 0.5) is 5.69 Å². The molecule has 0 saturated carbocycles. The maximum Gasteiger partial charge on any atom is 0.291 e. The van der Waals surface area contributed by atoms with E-state index >= 15 is 0 Å². The minimum Gasteiger partial charge on any atom is -0.451 e. The molecule has 0 aliphatic heterocycles. The molecule has 1 N–H and O–H groups in total. The molecular formula is C21H17N5O2S. The Bertz CT molecular complexity index is 1330. The van der Waals surface area contributed by atoms with E-state index in [1.807, 2.05) is 56.3 Å². The second-order valence-corrected chi connectivity index (χ2v) is 7.66. The Morgan fingerprint density at radius 2 is 2.03 bits per heavy atom. The van der Waals surface area contributed by atoms with Crippen molar-refractivity contribution in [3.05, 3.63) is 65.7 Å². The number of benzene rings is 2. The molecule has 0 radical (unpaired) electrons. The van der Waals surface area contributed by atoms with Crippen LogP contribution in [0.15, 0.2) is 52.9 Å². The van der Waals surface area contributed by atoms with Crippen LogP contribution in [0.25, 0.3) is 26.5 Å². The number of hydrogen-bond acceptors (Lipinski definition) is 6. The molecule has 0 saturated heterocycles. The van der Waals surface area contributed by atoms with E-state index in [0.717, 1.165) is 44.4 Å². The van der Waals surface area contributed by atoms with Gasteiger partial charge in [-0.3, -0.25) is 4.79 Å². The first-order chi connectivity index (χ1) is 14.1. The molecule has 0 aliphatic rings. The Hall–Kier alpha value is -3.52. The zero-order chi connectivity index (χ0) is 20.0. The van der Waals surface area contributed by atoms with Gasteiger partial charge in [-0.1, -0.05) is 48.6 Å². The van der Waals surface area contributed by atoms with Gasteiger partial charge in [-0.15, -0.1) is 10.2 Å². The van der Waals surface area contributed by atoms with Crippen molar-refractivity contribution in [1.82, 2.24) is 19.8 Å². The summed E-state index contributed by atoms with van der Waals surface area (Å²) in [7, 11) is 0. The third-order valence-electron chi connectivity index (χ3n) is 4.75. The van der Waals surface area contributed by atoms with E-state index in [0.29, 0.717) is 5.58 Å². The van der Waals surface area contributed by atoms with Gasteiger partial charge in [0.25, 0.3) is 5.91 Å². The average molecular weight is 403 g/mol. The minimum atomic E-state index is -0.284. The fourth-order valence-electron chi connectivity index (χ4n) is 3.16. The summed E-state index contributed by atoms with van der Waals surface area (Å²) in [6, 6.07) is 15.2. The zero-order valence-corrected chi connectivity index (χ0v) is 16.7. The van der Waals surface area contributed by atoms with Gasteiger partial charge in [-0.25, -0.2) is 0 Å². The van der Waals surface area contributed by atoms with Crippen LogP contribution in [0.3, 0.4) is 0 Å². The van der Waals surface area contributed by atoms with Crippen molar-refractivity contribution in [2.24, 2.45) is 0 Å². The topological polar surface area (TPSA) is 85.3 Å². The van der Waals surface area contributed by atoms with E-state index in [1.165, 1.54) is 11.3 Å². The average Bonchev–Trinajstić information content (AvgIpc) is 3.43. The predicted octanol–water partition coefficient (Wildman–Crippen LogP) is 4.72. The smallest absolute Gasteiger partial charge is 0.291 e. The SMILES string of the molecule is CCc1nnc2sc(-c3ccc(C)c(NC(=O)c4cc5ccccc5o4)c3)nn12. The summed E-state index contributed by atoms with van der Waals surface area (Å²) in [4.78, 5) is 13.5. The molecule has 8 heteroatoms. The molecular weight excluding hydrogens is 386 g/mol. The second kappa shape index (κ2) is 6.82. The van der Waals surface area contributed by atoms with Crippen molar-refractivity contribution in [3.8, 4) is 10.6 Å². The summed E-state index contributed by atoms with van der Waals surface area (Å²) >= 11 is 1.47. The van der Waals surface area contributed by atoms with Gasteiger partial charge in [-0.2, -0.15) is 9.61 Å². The second-order valence-electron chi connectivity index (χ2n) is 6.70. The molecule has 0 atom stereocenters. The number of fused-ring (bicyclic) bond motifs is 2. The third-order valence-corrected chi connectivity index (χ3v) is 5.70. The molecule has 144 valence electrons. The van der Waals surface area contributed by atoms with Crippen molar-refractivity contribution in [2.75, 3.05) is 5.32 Å². The Balaban J connectivity index is 1.46. The number of carbonyl (C=O) groups excluding carboxylic acids is 1. The summed E-state index contributed by atoms with van der Waals surface area (Å²) in [5, 5.41) is 17.6. The van der Waals surface area contributed by atoms with Crippen LogP contribution in [0.2, 0.25) is 0 Å². The Labute approximate surface area is 170 Å². The molecule has 5 rings (SSSR count). The number of furan rings is 1. The van der Waals surface area contributed by atoms with Crippen LogP contribution in [-0.4, -0.2) is 25.7 Å². The molecule has 2 aromatic carbocycles. The minimum absolute atomic E-state index is 0.280. The molecule has 7 nitrogen and oxygen atoms in total. The van der Waals surface area contributed by atoms with Gasteiger partial charge >= 0.3 is 0 Å². The van der Waals surface area contributed by atoms with Crippen molar-refractivity contribution in [3.63, 3.8) is 0 Å². The molecule has 29 heavy (non-hydrogen) atoms. The number of anilines is 1.